The summed E-state index contributed by atoms with van der Waals surface area (Å²) >= 11 is 0. The Kier molecular flexibility index (Phi) is 5.91. The minimum Gasteiger partial charge on any atom is -0.466 e. The third kappa shape index (κ3) is 4.65. The van der Waals surface area contributed by atoms with Crippen molar-refractivity contribution in [3.05, 3.63) is 5.82 Å². The van der Waals surface area contributed by atoms with Crippen molar-refractivity contribution in [2.75, 3.05) is 19.7 Å². The Hall–Kier alpha value is -1.99. The normalized spacial score (nSPS) is 10.3. The molecule has 1 rings (SSSR count). The molecule has 0 aromatic carbocycles. The zero-order valence-electron chi connectivity index (χ0n) is 11.5. The number of carbonyl (C=O) groups excluding carboxylic acids is 2. The number of aryl methyl sites for hydroxylation is 1. The van der Waals surface area contributed by atoms with Crippen LogP contribution in [0.5, 0.6) is 0 Å². The molecule has 0 aliphatic rings. The second kappa shape index (κ2) is 7.45. The maximum absolute atomic E-state index is 12.0. The van der Waals surface area contributed by atoms with Crippen molar-refractivity contribution in [1.29, 1.82) is 0 Å². The van der Waals surface area contributed by atoms with E-state index in [1.54, 1.807) is 18.9 Å². The molecule has 0 aliphatic heterocycles. The maximum atomic E-state index is 12.0. The molecule has 0 radical (unpaired) electrons. The second-order valence-electron chi connectivity index (χ2n) is 3.92. The van der Waals surface area contributed by atoms with Crippen LogP contribution in [0, 0.1) is 0 Å². The molecule has 0 aliphatic carbocycles. The van der Waals surface area contributed by atoms with E-state index in [1.807, 2.05) is 6.92 Å². The molecule has 0 bridgehead atoms. The number of hydrogen-bond donors (Lipinski definition) is 0. The first-order valence-electron chi connectivity index (χ1n) is 6.23. The van der Waals surface area contributed by atoms with Crippen molar-refractivity contribution >= 4 is 11.9 Å². The largest absolute Gasteiger partial charge is 0.466 e. The Morgan fingerprint density at radius 3 is 2.63 bits per heavy atom. The highest BCUT2D eigenvalue weighted by Crippen LogP contribution is 2.00. The average molecular weight is 269 g/mol. The van der Waals surface area contributed by atoms with Crippen LogP contribution in [0.4, 0.5) is 0 Å². The number of aromatic nitrogens is 4. The van der Waals surface area contributed by atoms with Gasteiger partial charge in [0.05, 0.1) is 19.4 Å². The van der Waals surface area contributed by atoms with Crippen molar-refractivity contribution in [2.24, 2.45) is 7.05 Å². The van der Waals surface area contributed by atoms with E-state index in [-0.39, 0.29) is 24.7 Å². The molecule has 8 heteroatoms. The molecule has 1 heterocycles. The molecule has 1 amide bonds. The van der Waals surface area contributed by atoms with E-state index in [0.29, 0.717) is 25.5 Å². The third-order valence-electron chi connectivity index (χ3n) is 2.64. The first kappa shape index (κ1) is 15.1. The summed E-state index contributed by atoms with van der Waals surface area (Å²) in [4.78, 5) is 24.9. The van der Waals surface area contributed by atoms with Gasteiger partial charge in [-0.1, -0.05) is 0 Å². The van der Waals surface area contributed by atoms with Gasteiger partial charge >= 0.3 is 5.97 Å². The number of hydrogen-bond acceptors (Lipinski definition) is 6. The lowest BCUT2D eigenvalue weighted by molar-refractivity contribution is -0.144. The first-order chi connectivity index (χ1) is 9.08. The predicted molar refractivity (Wildman–Crippen MR) is 66.0 cm³/mol. The van der Waals surface area contributed by atoms with Gasteiger partial charge in [-0.2, -0.15) is 0 Å². The average Bonchev–Trinajstić information content (AvgIpc) is 2.76. The lowest BCUT2D eigenvalue weighted by Gasteiger charge is -2.19. The van der Waals surface area contributed by atoms with E-state index in [9.17, 15) is 9.59 Å². The van der Waals surface area contributed by atoms with Gasteiger partial charge in [0, 0.05) is 20.1 Å². The van der Waals surface area contributed by atoms with Crippen LogP contribution < -0.4 is 0 Å². The van der Waals surface area contributed by atoms with Crippen LogP contribution in [-0.4, -0.2) is 56.7 Å². The number of nitrogens with zero attached hydrogens (tertiary/aromatic N) is 5. The predicted octanol–water partition coefficient (Wildman–Crippen LogP) is -0.446. The molecule has 1 aromatic rings. The van der Waals surface area contributed by atoms with E-state index in [1.165, 1.54) is 4.68 Å². The number of likely N-dealkylation sites (N-methyl/N-ethyl adjacent to an activating group) is 1. The summed E-state index contributed by atoms with van der Waals surface area (Å²) in [6, 6.07) is 0. The van der Waals surface area contributed by atoms with E-state index < -0.39 is 0 Å². The quantitative estimate of drug-likeness (QED) is 0.623. The minimum absolute atomic E-state index is 0.107. The number of amides is 1. The SMILES string of the molecule is CCOC(=O)CCN(CC)C(=O)Cc1nnnn1C. The molecule has 1 aromatic heterocycles. The van der Waals surface area contributed by atoms with E-state index >= 15 is 0 Å². The van der Waals surface area contributed by atoms with E-state index in [2.05, 4.69) is 15.5 Å². The third-order valence-corrected chi connectivity index (χ3v) is 2.64. The van der Waals surface area contributed by atoms with Gasteiger partial charge in [0.25, 0.3) is 0 Å². The highest BCUT2D eigenvalue weighted by Gasteiger charge is 2.16. The summed E-state index contributed by atoms with van der Waals surface area (Å²) in [5, 5.41) is 10.9. The fourth-order valence-corrected chi connectivity index (χ4v) is 1.56. The number of carbonyl (C=O) groups is 2. The molecule has 0 saturated carbocycles. The number of ether oxygens (including phenoxy) is 1. The summed E-state index contributed by atoms with van der Waals surface area (Å²) in [6.45, 7) is 4.84. The fourth-order valence-electron chi connectivity index (χ4n) is 1.56. The van der Waals surface area contributed by atoms with Crippen LogP contribution >= 0.6 is 0 Å². The molecule has 19 heavy (non-hydrogen) atoms. The van der Waals surface area contributed by atoms with Crippen molar-refractivity contribution in [3.63, 3.8) is 0 Å². The van der Waals surface area contributed by atoms with Gasteiger partial charge < -0.3 is 9.64 Å². The van der Waals surface area contributed by atoms with Crippen LogP contribution in [0.15, 0.2) is 0 Å². The summed E-state index contributed by atoms with van der Waals surface area (Å²) < 4.78 is 6.28. The Bertz CT molecular complexity index is 432. The van der Waals surface area contributed by atoms with Gasteiger partial charge in [-0.15, -0.1) is 5.10 Å². The van der Waals surface area contributed by atoms with Gasteiger partial charge in [-0.05, 0) is 24.3 Å². The van der Waals surface area contributed by atoms with E-state index in [4.69, 9.17) is 4.74 Å². The monoisotopic (exact) mass is 269 g/mol. The minimum atomic E-state index is -0.297. The van der Waals surface area contributed by atoms with Crippen LogP contribution in [0.3, 0.4) is 0 Å². The van der Waals surface area contributed by atoms with Gasteiger partial charge in [0.15, 0.2) is 5.82 Å². The molecule has 106 valence electrons. The fraction of sp³-hybridized carbons (Fsp3) is 0.727. The summed E-state index contributed by atoms with van der Waals surface area (Å²) in [5.41, 5.74) is 0. The first-order valence-corrected chi connectivity index (χ1v) is 6.23. The number of rotatable bonds is 7. The molecule has 0 fully saturated rings. The highest BCUT2D eigenvalue weighted by atomic mass is 16.5. The molecular formula is C11H19N5O3. The second-order valence-corrected chi connectivity index (χ2v) is 3.92. The topological polar surface area (TPSA) is 90.2 Å². The van der Waals surface area contributed by atoms with Gasteiger partial charge in [0.1, 0.15) is 0 Å². The maximum Gasteiger partial charge on any atom is 0.307 e. The lowest BCUT2D eigenvalue weighted by Crippen LogP contribution is -2.34. The van der Waals surface area contributed by atoms with Crippen LogP contribution in [0.2, 0.25) is 0 Å². The van der Waals surface area contributed by atoms with Crippen LogP contribution in [0.1, 0.15) is 26.1 Å². The summed E-state index contributed by atoms with van der Waals surface area (Å²) in [7, 11) is 1.68. The van der Waals surface area contributed by atoms with Gasteiger partial charge in [-0.25, -0.2) is 4.68 Å². The Morgan fingerprint density at radius 1 is 1.37 bits per heavy atom. The summed E-state index contributed by atoms with van der Waals surface area (Å²) in [6.07, 6.45) is 0.324. The van der Waals surface area contributed by atoms with Gasteiger partial charge in [-0.3, -0.25) is 9.59 Å². The zero-order chi connectivity index (χ0) is 14.3. The lowest BCUT2D eigenvalue weighted by atomic mass is 10.3. The molecule has 0 spiro atoms. The Labute approximate surface area is 111 Å². The molecule has 0 saturated heterocycles. The van der Waals surface area contributed by atoms with Crippen molar-refractivity contribution in [2.45, 2.75) is 26.7 Å². The Morgan fingerprint density at radius 2 is 2.11 bits per heavy atom. The van der Waals surface area contributed by atoms with Crippen molar-refractivity contribution in [3.8, 4) is 0 Å². The highest BCUT2D eigenvalue weighted by molar-refractivity contribution is 5.78. The molecule has 0 unspecified atom stereocenters. The molecule has 0 N–H and O–H groups in total. The number of tetrazole rings is 1. The molecule has 8 nitrogen and oxygen atoms in total. The number of esters is 1. The van der Waals surface area contributed by atoms with E-state index in [0.717, 1.165) is 0 Å². The Balaban J connectivity index is 2.48. The van der Waals surface area contributed by atoms with Crippen LogP contribution in [0.25, 0.3) is 0 Å². The van der Waals surface area contributed by atoms with Gasteiger partial charge in [0.2, 0.25) is 5.91 Å². The standard InChI is InChI=1S/C11H19N5O3/c1-4-16(7-6-11(18)19-5-2)10(17)8-9-12-13-14-15(9)3/h4-8H2,1-3H3. The van der Waals surface area contributed by atoms with Crippen molar-refractivity contribution < 1.29 is 14.3 Å². The summed E-state index contributed by atoms with van der Waals surface area (Å²) in [5.74, 6) is 0.0957. The smallest absolute Gasteiger partial charge is 0.307 e. The zero-order valence-corrected chi connectivity index (χ0v) is 11.5. The van der Waals surface area contributed by atoms with Crippen LogP contribution in [-0.2, 0) is 27.8 Å². The molecule has 0 atom stereocenters. The molecular weight excluding hydrogens is 250 g/mol. The van der Waals surface area contributed by atoms with Crippen molar-refractivity contribution in [1.82, 2.24) is 25.1 Å².